The van der Waals surface area contributed by atoms with Crippen LogP contribution in [0.3, 0.4) is 0 Å². The van der Waals surface area contributed by atoms with Crippen molar-refractivity contribution in [2.75, 3.05) is 34.4 Å². The number of ether oxygens (including phenoxy) is 2. The minimum Gasteiger partial charge on any atom is -0.497 e. The Morgan fingerprint density at radius 2 is 2.10 bits per heavy atom. The van der Waals surface area contributed by atoms with Gasteiger partial charge in [-0.2, -0.15) is 0 Å². The molecule has 1 unspecified atom stereocenters. The summed E-state index contributed by atoms with van der Waals surface area (Å²) in [4.78, 5) is 14.7. The fourth-order valence-corrected chi connectivity index (χ4v) is 3.00. The van der Waals surface area contributed by atoms with Crippen molar-refractivity contribution in [1.29, 1.82) is 0 Å². The van der Waals surface area contributed by atoms with Gasteiger partial charge < -0.3 is 14.4 Å². The molecule has 1 aromatic carbocycles. The maximum Gasteiger partial charge on any atom is 0.235 e. The van der Waals surface area contributed by atoms with Crippen molar-refractivity contribution >= 4 is 5.91 Å². The fraction of sp³-hybridized carbons (Fsp3) is 0.562. The molecule has 0 bridgehead atoms. The Morgan fingerprint density at radius 1 is 1.30 bits per heavy atom. The lowest BCUT2D eigenvalue weighted by Crippen LogP contribution is -2.47. The molecule has 1 atom stereocenters. The third-order valence-corrected chi connectivity index (χ3v) is 4.12. The van der Waals surface area contributed by atoms with Gasteiger partial charge in [0.05, 0.1) is 19.1 Å². The normalized spacial score (nSPS) is 23.6. The van der Waals surface area contributed by atoms with Gasteiger partial charge in [-0.25, -0.2) is 0 Å². The molecule has 1 aliphatic heterocycles. The van der Waals surface area contributed by atoms with Crippen LogP contribution in [-0.4, -0.2) is 45.2 Å². The van der Waals surface area contributed by atoms with Crippen LogP contribution in [0.25, 0.3) is 0 Å². The van der Waals surface area contributed by atoms with Crippen LogP contribution in [0.1, 0.15) is 24.8 Å². The van der Waals surface area contributed by atoms with E-state index in [1.54, 1.807) is 14.2 Å². The van der Waals surface area contributed by atoms with Crippen molar-refractivity contribution in [2.45, 2.75) is 24.7 Å². The van der Waals surface area contributed by atoms with Gasteiger partial charge in [0.15, 0.2) is 0 Å². The van der Waals surface area contributed by atoms with E-state index in [2.05, 4.69) is 0 Å². The lowest BCUT2D eigenvalue weighted by Gasteiger charge is -2.33. The highest BCUT2D eigenvalue weighted by atomic mass is 16.5. The van der Waals surface area contributed by atoms with Crippen molar-refractivity contribution in [1.82, 2.24) is 4.90 Å². The smallest absolute Gasteiger partial charge is 0.235 e. The summed E-state index contributed by atoms with van der Waals surface area (Å²) in [6.45, 7) is 1.22. The predicted octanol–water partition coefficient (Wildman–Crippen LogP) is 2.22. The number of likely N-dealkylation sites (tertiary alicyclic amines) is 1. The van der Waals surface area contributed by atoms with Gasteiger partial charge in [0.25, 0.3) is 0 Å². The van der Waals surface area contributed by atoms with Crippen LogP contribution in [0.5, 0.6) is 5.75 Å². The number of carbonyl (C=O) groups is 1. The first-order chi connectivity index (χ1) is 9.64. The summed E-state index contributed by atoms with van der Waals surface area (Å²) in [5.74, 6) is 0.919. The van der Waals surface area contributed by atoms with Crippen molar-refractivity contribution in [3.63, 3.8) is 0 Å². The second-order valence-electron chi connectivity index (χ2n) is 5.43. The lowest BCUT2D eigenvalue weighted by molar-refractivity contribution is -0.137. The Hall–Kier alpha value is -1.55. The molecule has 0 saturated carbocycles. The molecule has 4 heteroatoms. The van der Waals surface area contributed by atoms with Gasteiger partial charge in [0, 0.05) is 20.7 Å². The standard InChI is InChI=1S/C16H23NO3/c1-17-10-5-4-9-16(12-19-2,15(17)18)13-7-6-8-14(11-13)20-3/h6-8,11H,4-5,9-10,12H2,1-3H3. The van der Waals surface area contributed by atoms with E-state index in [9.17, 15) is 4.79 Å². The van der Waals surface area contributed by atoms with Gasteiger partial charge in [-0.3, -0.25) is 4.79 Å². The number of carbonyl (C=O) groups excluding carboxylic acids is 1. The molecule has 0 spiro atoms. The molecule has 0 aliphatic carbocycles. The molecule has 20 heavy (non-hydrogen) atoms. The topological polar surface area (TPSA) is 38.8 Å². The summed E-state index contributed by atoms with van der Waals surface area (Å²) >= 11 is 0. The van der Waals surface area contributed by atoms with Crippen molar-refractivity contribution < 1.29 is 14.3 Å². The van der Waals surface area contributed by atoms with E-state index in [1.807, 2.05) is 36.2 Å². The van der Waals surface area contributed by atoms with Crippen LogP contribution in [0, 0.1) is 0 Å². The number of hydrogen-bond donors (Lipinski definition) is 0. The average molecular weight is 277 g/mol. The monoisotopic (exact) mass is 277 g/mol. The molecular weight excluding hydrogens is 254 g/mol. The first kappa shape index (κ1) is 14.9. The SMILES string of the molecule is COCC1(c2cccc(OC)c2)CCCCN(C)C1=O. The van der Waals surface area contributed by atoms with E-state index in [0.717, 1.165) is 37.1 Å². The molecule has 1 aromatic rings. The molecule has 110 valence electrons. The van der Waals surface area contributed by atoms with Gasteiger partial charge in [-0.05, 0) is 30.5 Å². The Morgan fingerprint density at radius 3 is 2.80 bits per heavy atom. The summed E-state index contributed by atoms with van der Waals surface area (Å²) in [5.41, 5.74) is 0.395. The van der Waals surface area contributed by atoms with Crippen LogP contribution < -0.4 is 4.74 Å². The predicted molar refractivity (Wildman–Crippen MR) is 78.0 cm³/mol. The zero-order valence-electron chi connectivity index (χ0n) is 12.5. The number of nitrogens with zero attached hydrogens (tertiary/aromatic N) is 1. The number of amides is 1. The maximum atomic E-state index is 12.9. The quantitative estimate of drug-likeness (QED) is 0.847. The molecule has 1 saturated heterocycles. The zero-order chi connectivity index (χ0) is 14.6. The van der Waals surface area contributed by atoms with E-state index in [-0.39, 0.29) is 5.91 Å². The number of rotatable bonds is 4. The maximum absolute atomic E-state index is 12.9. The molecule has 1 aliphatic rings. The highest BCUT2D eigenvalue weighted by molar-refractivity contribution is 5.88. The van der Waals surface area contributed by atoms with Crippen LogP contribution in [0.4, 0.5) is 0 Å². The summed E-state index contributed by atoms with van der Waals surface area (Å²) in [6.07, 6.45) is 2.88. The largest absolute Gasteiger partial charge is 0.497 e. The highest BCUT2D eigenvalue weighted by Crippen LogP contribution is 2.36. The van der Waals surface area contributed by atoms with E-state index < -0.39 is 5.41 Å². The summed E-state index contributed by atoms with van der Waals surface area (Å²) in [6, 6.07) is 7.79. The number of methoxy groups -OCH3 is 2. The molecule has 0 N–H and O–H groups in total. The molecule has 2 rings (SSSR count). The minimum absolute atomic E-state index is 0.144. The molecule has 4 nitrogen and oxygen atoms in total. The van der Waals surface area contributed by atoms with Gasteiger partial charge >= 0.3 is 0 Å². The molecule has 0 aromatic heterocycles. The molecule has 1 amide bonds. The Bertz CT molecular complexity index is 475. The van der Waals surface area contributed by atoms with E-state index in [1.165, 1.54) is 0 Å². The summed E-state index contributed by atoms with van der Waals surface area (Å²) in [7, 11) is 5.17. The van der Waals surface area contributed by atoms with Gasteiger partial charge in [0.2, 0.25) is 5.91 Å². The Balaban J connectivity index is 2.48. The van der Waals surface area contributed by atoms with Gasteiger partial charge in [-0.15, -0.1) is 0 Å². The molecule has 1 heterocycles. The second kappa shape index (κ2) is 6.27. The third kappa shape index (κ3) is 2.66. The first-order valence-electron chi connectivity index (χ1n) is 7.03. The number of likely N-dealkylation sites (N-methyl/N-ethyl adjacent to an activating group) is 1. The molecule has 0 radical (unpaired) electrons. The fourth-order valence-electron chi connectivity index (χ4n) is 3.00. The first-order valence-corrected chi connectivity index (χ1v) is 7.03. The van der Waals surface area contributed by atoms with Crippen LogP contribution in [0.15, 0.2) is 24.3 Å². The number of hydrogen-bond acceptors (Lipinski definition) is 3. The average Bonchev–Trinajstić information content (AvgIpc) is 2.62. The minimum atomic E-state index is -0.589. The zero-order valence-corrected chi connectivity index (χ0v) is 12.5. The summed E-state index contributed by atoms with van der Waals surface area (Å²) in [5, 5.41) is 0. The highest BCUT2D eigenvalue weighted by Gasteiger charge is 2.43. The van der Waals surface area contributed by atoms with Crippen molar-refractivity contribution in [3.8, 4) is 5.75 Å². The van der Waals surface area contributed by atoms with Crippen molar-refractivity contribution in [3.05, 3.63) is 29.8 Å². The number of benzene rings is 1. The van der Waals surface area contributed by atoms with Gasteiger partial charge in [-0.1, -0.05) is 18.6 Å². The third-order valence-electron chi connectivity index (χ3n) is 4.12. The van der Waals surface area contributed by atoms with Gasteiger partial charge in [0.1, 0.15) is 5.75 Å². The molecule has 1 fully saturated rings. The van der Waals surface area contributed by atoms with Crippen LogP contribution in [0.2, 0.25) is 0 Å². The lowest BCUT2D eigenvalue weighted by atomic mass is 9.76. The molecular formula is C16H23NO3. The van der Waals surface area contributed by atoms with Crippen LogP contribution in [-0.2, 0) is 14.9 Å². The van der Waals surface area contributed by atoms with Crippen molar-refractivity contribution in [2.24, 2.45) is 0 Å². The second-order valence-corrected chi connectivity index (χ2v) is 5.43. The van der Waals surface area contributed by atoms with E-state index in [0.29, 0.717) is 6.61 Å². The Kier molecular flexibility index (Phi) is 4.65. The Labute approximate surface area is 120 Å². The van der Waals surface area contributed by atoms with E-state index in [4.69, 9.17) is 9.47 Å². The van der Waals surface area contributed by atoms with E-state index >= 15 is 0 Å². The summed E-state index contributed by atoms with van der Waals surface area (Å²) < 4.78 is 10.7. The van der Waals surface area contributed by atoms with Crippen LogP contribution >= 0.6 is 0 Å².